The molecule has 1 aromatic rings. The van der Waals surface area contributed by atoms with Gasteiger partial charge in [-0.05, 0) is 57.7 Å². The summed E-state index contributed by atoms with van der Waals surface area (Å²) in [6.07, 6.45) is -0.505. The van der Waals surface area contributed by atoms with Crippen LogP contribution in [-0.4, -0.2) is 37.0 Å². The van der Waals surface area contributed by atoms with E-state index in [9.17, 15) is 18.3 Å². The molecule has 1 saturated carbocycles. The summed E-state index contributed by atoms with van der Waals surface area (Å²) < 4.78 is 49.1. The molecule has 28 heavy (non-hydrogen) atoms. The SMILES string of the molecule is [2H]C([2H])(CNC(=O)OC(C)(C)C)C(O)c1cccc(NS(=O)(=O)C2CCCCC2)c1. The van der Waals surface area contributed by atoms with E-state index in [1.165, 1.54) is 12.1 Å². The summed E-state index contributed by atoms with van der Waals surface area (Å²) in [5.41, 5.74) is -0.248. The third-order valence-electron chi connectivity index (χ3n) is 4.38. The molecule has 1 aliphatic rings. The Labute approximate surface area is 170 Å². The fourth-order valence-electron chi connectivity index (χ4n) is 3.05. The van der Waals surface area contributed by atoms with E-state index in [1.54, 1.807) is 32.9 Å². The van der Waals surface area contributed by atoms with E-state index >= 15 is 0 Å². The quantitative estimate of drug-likeness (QED) is 0.631. The van der Waals surface area contributed by atoms with E-state index in [0.29, 0.717) is 12.8 Å². The van der Waals surface area contributed by atoms with Gasteiger partial charge in [-0.3, -0.25) is 4.72 Å². The lowest BCUT2D eigenvalue weighted by Gasteiger charge is -2.23. The van der Waals surface area contributed by atoms with Gasteiger partial charge in [0.25, 0.3) is 0 Å². The topological polar surface area (TPSA) is 105 Å². The molecular formula is C20H32N2O5S. The summed E-state index contributed by atoms with van der Waals surface area (Å²) in [6, 6.07) is 6.03. The van der Waals surface area contributed by atoms with E-state index < -0.39 is 46.0 Å². The third kappa shape index (κ3) is 7.31. The van der Waals surface area contributed by atoms with Crippen LogP contribution in [0.4, 0.5) is 10.5 Å². The molecule has 0 heterocycles. The number of hydrogen-bond donors (Lipinski definition) is 3. The molecule has 158 valence electrons. The molecule has 3 N–H and O–H groups in total. The number of aliphatic hydroxyl groups excluding tert-OH is 1. The monoisotopic (exact) mass is 414 g/mol. The largest absolute Gasteiger partial charge is 0.444 e. The van der Waals surface area contributed by atoms with Crippen LogP contribution in [0.3, 0.4) is 0 Å². The van der Waals surface area contributed by atoms with E-state index in [1.807, 2.05) is 0 Å². The van der Waals surface area contributed by atoms with Crippen molar-refractivity contribution in [1.29, 1.82) is 0 Å². The fraction of sp³-hybridized carbons (Fsp3) is 0.650. The molecule has 0 saturated heterocycles. The second kappa shape index (κ2) is 9.60. The van der Waals surface area contributed by atoms with Crippen LogP contribution in [0.2, 0.25) is 0 Å². The Hall–Kier alpha value is -1.80. The van der Waals surface area contributed by atoms with Gasteiger partial charge in [0.05, 0.1) is 11.4 Å². The van der Waals surface area contributed by atoms with Gasteiger partial charge >= 0.3 is 6.09 Å². The smallest absolute Gasteiger partial charge is 0.407 e. The van der Waals surface area contributed by atoms with E-state index in [-0.39, 0.29) is 11.3 Å². The van der Waals surface area contributed by atoms with Crippen LogP contribution in [0.15, 0.2) is 24.3 Å². The summed E-state index contributed by atoms with van der Waals surface area (Å²) in [4.78, 5) is 11.8. The molecule has 0 aromatic heterocycles. The highest BCUT2D eigenvalue weighted by atomic mass is 32.2. The first-order valence-corrected chi connectivity index (χ1v) is 11.1. The summed E-state index contributed by atoms with van der Waals surface area (Å²) in [5, 5.41) is 12.4. The minimum Gasteiger partial charge on any atom is -0.444 e. The number of ether oxygens (including phenoxy) is 1. The number of nitrogens with one attached hydrogen (secondary N) is 2. The van der Waals surface area contributed by atoms with Crippen molar-refractivity contribution in [3.63, 3.8) is 0 Å². The Morgan fingerprint density at radius 3 is 2.64 bits per heavy atom. The maximum atomic E-state index is 12.6. The highest BCUT2D eigenvalue weighted by molar-refractivity contribution is 7.93. The number of hydrogen-bond acceptors (Lipinski definition) is 5. The number of rotatable bonds is 7. The van der Waals surface area contributed by atoms with Crippen molar-refractivity contribution >= 4 is 21.8 Å². The van der Waals surface area contributed by atoms with E-state index in [4.69, 9.17) is 7.48 Å². The Morgan fingerprint density at radius 2 is 2.00 bits per heavy atom. The molecule has 7 nitrogen and oxygen atoms in total. The van der Waals surface area contributed by atoms with Gasteiger partial charge < -0.3 is 15.2 Å². The second-order valence-electron chi connectivity index (χ2n) is 7.99. The van der Waals surface area contributed by atoms with E-state index in [2.05, 4.69) is 10.0 Å². The average Bonchev–Trinajstić information content (AvgIpc) is 2.65. The van der Waals surface area contributed by atoms with Crippen LogP contribution in [0.5, 0.6) is 0 Å². The maximum absolute atomic E-state index is 12.6. The first-order chi connectivity index (χ1) is 13.8. The Morgan fingerprint density at radius 1 is 1.32 bits per heavy atom. The number of sulfonamides is 1. The van der Waals surface area contributed by atoms with Crippen LogP contribution in [0.25, 0.3) is 0 Å². The number of alkyl carbamates (subject to hydrolysis) is 1. The number of aliphatic hydroxyl groups is 1. The van der Waals surface area contributed by atoms with Crippen LogP contribution in [0.1, 0.15) is 73.7 Å². The number of amides is 1. The predicted octanol–water partition coefficient (Wildman–Crippen LogP) is 3.71. The van der Waals surface area contributed by atoms with Crippen molar-refractivity contribution in [2.75, 3.05) is 11.3 Å². The Bertz CT molecular complexity index is 834. The number of carbonyl (C=O) groups is 1. The van der Waals surface area contributed by atoms with Gasteiger partial charge in [0.15, 0.2) is 0 Å². The van der Waals surface area contributed by atoms with Crippen LogP contribution in [-0.2, 0) is 14.8 Å². The van der Waals surface area contributed by atoms with Crippen molar-refractivity contribution in [2.45, 2.75) is 76.2 Å². The van der Waals surface area contributed by atoms with Crippen molar-refractivity contribution in [2.24, 2.45) is 0 Å². The average molecular weight is 415 g/mol. The Kier molecular flexibility index (Phi) is 6.69. The molecule has 0 bridgehead atoms. The lowest BCUT2D eigenvalue weighted by molar-refractivity contribution is 0.0518. The van der Waals surface area contributed by atoms with Crippen molar-refractivity contribution in [1.82, 2.24) is 5.32 Å². The maximum Gasteiger partial charge on any atom is 0.407 e. The molecule has 1 amide bonds. The summed E-state index contributed by atoms with van der Waals surface area (Å²) in [5.74, 6) is 0. The van der Waals surface area contributed by atoms with Gasteiger partial charge in [0, 0.05) is 15.0 Å². The normalized spacial score (nSPS) is 18.6. The lowest BCUT2D eigenvalue weighted by atomic mass is 10.0. The lowest BCUT2D eigenvalue weighted by Crippen LogP contribution is -2.33. The number of anilines is 1. The standard InChI is InChI=1S/C20H32N2O5S/c1-20(2,3)27-19(24)21-13-12-18(23)15-8-7-9-16(14-15)22-28(25,26)17-10-5-4-6-11-17/h7-9,14,17-18,22-23H,4-6,10-13H2,1-3H3,(H,21,24)/i12D2. The molecular weight excluding hydrogens is 380 g/mol. The predicted molar refractivity (Wildman–Crippen MR) is 110 cm³/mol. The molecule has 0 spiro atoms. The van der Waals surface area contributed by atoms with Crippen molar-refractivity contribution in [3.05, 3.63) is 29.8 Å². The highest BCUT2D eigenvalue weighted by Crippen LogP contribution is 2.26. The fourth-order valence-corrected chi connectivity index (χ4v) is 4.62. The second-order valence-corrected chi connectivity index (χ2v) is 9.96. The summed E-state index contributed by atoms with van der Waals surface area (Å²) >= 11 is 0. The van der Waals surface area contributed by atoms with Gasteiger partial charge in [-0.1, -0.05) is 31.4 Å². The zero-order valence-electron chi connectivity index (χ0n) is 18.7. The van der Waals surface area contributed by atoms with Gasteiger partial charge in [-0.15, -0.1) is 0 Å². The van der Waals surface area contributed by atoms with Gasteiger partial charge in [-0.2, -0.15) is 0 Å². The molecule has 1 unspecified atom stereocenters. The Balaban J connectivity index is 2.05. The van der Waals surface area contributed by atoms with Crippen LogP contribution in [0, 0.1) is 0 Å². The molecule has 8 heteroatoms. The first kappa shape index (κ1) is 19.5. The first-order valence-electron chi connectivity index (χ1n) is 10.6. The molecule has 1 aromatic carbocycles. The molecule has 0 radical (unpaired) electrons. The number of carbonyl (C=O) groups excluding carboxylic acids is 1. The minimum absolute atomic E-state index is 0.204. The van der Waals surface area contributed by atoms with Crippen LogP contribution < -0.4 is 10.0 Å². The van der Waals surface area contributed by atoms with Crippen molar-refractivity contribution in [3.8, 4) is 0 Å². The highest BCUT2D eigenvalue weighted by Gasteiger charge is 2.27. The zero-order chi connectivity index (χ0) is 22.6. The molecule has 0 aliphatic heterocycles. The molecule has 1 atom stereocenters. The molecule has 1 fully saturated rings. The summed E-state index contributed by atoms with van der Waals surface area (Å²) in [6.45, 7) is 4.60. The zero-order valence-corrected chi connectivity index (χ0v) is 17.5. The third-order valence-corrected chi connectivity index (χ3v) is 6.25. The van der Waals surface area contributed by atoms with Gasteiger partial charge in [0.1, 0.15) is 5.60 Å². The summed E-state index contributed by atoms with van der Waals surface area (Å²) in [7, 11) is -3.55. The molecule has 2 rings (SSSR count). The van der Waals surface area contributed by atoms with Crippen LogP contribution >= 0.6 is 0 Å². The number of benzene rings is 1. The molecule has 1 aliphatic carbocycles. The van der Waals surface area contributed by atoms with Crippen molar-refractivity contribution < 1.29 is 25.8 Å². The van der Waals surface area contributed by atoms with Gasteiger partial charge in [0.2, 0.25) is 10.0 Å². The van der Waals surface area contributed by atoms with E-state index in [0.717, 1.165) is 19.3 Å². The minimum atomic E-state index is -3.55. The van der Waals surface area contributed by atoms with Gasteiger partial charge in [-0.25, -0.2) is 13.2 Å².